The summed E-state index contributed by atoms with van der Waals surface area (Å²) in [7, 11) is 1.66. The number of benzene rings is 2. The first kappa shape index (κ1) is 14.5. The maximum Gasteiger partial charge on any atom is 0.127 e. The molecule has 20 heavy (non-hydrogen) atoms. The summed E-state index contributed by atoms with van der Waals surface area (Å²) in [5.41, 5.74) is 1.95. The van der Waals surface area contributed by atoms with Crippen molar-refractivity contribution in [3.63, 3.8) is 0 Å². The van der Waals surface area contributed by atoms with Gasteiger partial charge in [0.1, 0.15) is 11.6 Å². The zero-order valence-electron chi connectivity index (χ0n) is 11.9. The first-order chi connectivity index (χ1) is 9.70. The van der Waals surface area contributed by atoms with Gasteiger partial charge in [0.05, 0.1) is 7.11 Å². The Morgan fingerprint density at radius 2 is 1.80 bits per heavy atom. The van der Waals surface area contributed by atoms with Crippen LogP contribution < -0.4 is 10.1 Å². The Morgan fingerprint density at radius 1 is 1.10 bits per heavy atom. The van der Waals surface area contributed by atoms with Crippen molar-refractivity contribution in [3.8, 4) is 5.75 Å². The highest BCUT2D eigenvalue weighted by atomic mass is 19.1. The lowest BCUT2D eigenvalue weighted by Crippen LogP contribution is -2.22. The Labute approximate surface area is 119 Å². The third-order valence-corrected chi connectivity index (χ3v) is 3.39. The van der Waals surface area contributed by atoms with Crippen LogP contribution in [0.2, 0.25) is 0 Å². The minimum atomic E-state index is -0.156. The predicted molar refractivity (Wildman–Crippen MR) is 79.5 cm³/mol. The Bertz CT molecular complexity index is 539. The summed E-state index contributed by atoms with van der Waals surface area (Å²) in [6.07, 6.45) is 0.906. The molecule has 0 bridgehead atoms. The predicted octanol–water partition coefficient (Wildman–Crippen LogP) is 3.73. The second-order valence-electron chi connectivity index (χ2n) is 4.80. The van der Waals surface area contributed by atoms with Gasteiger partial charge < -0.3 is 10.1 Å². The summed E-state index contributed by atoms with van der Waals surface area (Å²) in [6, 6.07) is 14.9. The second kappa shape index (κ2) is 7.06. The summed E-state index contributed by atoms with van der Waals surface area (Å²) < 4.78 is 18.7. The molecule has 0 saturated carbocycles. The monoisotopic (exact) mass is 273 g/mol. The van der Waals surface area contributed by atoms with Gasteiger partial charge in [0, 0.05) is 11.6 Å². The van der Waals surface area contributed by atoms with Crippen molar-refractivity contribution in [2.45, 2.75) is 19.4 Å². The number of ether oxygens (including phenoxy) is 1. The standard InChI is InChI=1S/C17H20FNO/c1-13(16-5-3-4-6-17(16)18)19-12-11-14-7-9-15(20-2)10-8-14/h3-10,13,19H,11-12H2,1-2H3. The highest BCUT2D eigenvalue weighted by Gasteiger charge is 2.08. The lowest BCUT2D eigenvalue weighted by atomic mass is 10.1. The number of hydrogen-bond acceptors (Lipinski definition) is 2. The van der Waals surface area contributed by atoms with Crippen LogP contribution in [0.1, 0.15) is 24.1 Å². The van der Waals surface area contributed by atoms with Gasteiger partial charge in [0.15, 0.2) is 0 Å². The Hall–Kier alpha value is -1.87. The second-order valence-corrected chi connectivity index (χ2v) is 4.80. The molecular formula is C17H20FNO. The van der Waals surface area contributed by atoms with Crippen LogP contribution in [0.25, 0.3) is 0 Å². The molecule has 0 radical (unpaired) electrons. The van der Waals surface area contributed by atoms with Crippen molar-refractivity contribution >= 4 is 0 Å². The molecule has 0 spiro atoms. The van der Waals surface area contributed by atoms with Gasteiger partial charge in [0.2, 0.25) is 0 Å². The molecule has 3 heteroatoms. The zero-order chi connectivity index (χ0) is 14.4. The van der Waals surface area contributed by atoms with Gasteiger partial charge in [-0.3, -0.25) is 0 Å². The van der Waals surface area contributed by atoms with E-state index in [1.54, 1.807) is 13.2 Å². The largest absolute Gasteiger partial charge is 0.497 e. The fourth-order valence-corrected chi connectivity index (χ4v) is 2.16. The smallest absolute Gasteiger partial charge is 0.127 e. The van der Waals surface area contributed by atoms with E-state index in [-0.39, 0.29) is 11.9 Å². The van der Waals surface area contributed by atoms with E-state index in [4.69, 9.17) is 4.74 Å². The minimum absolute atomic E-state index is 0.00875. The first-order valence-corrected chi connectivity index (χ1v) is 6.81. The molecular weight excluding hydrogens is 253 g/mol. The molecule has 0 aliphatic carbocycles. The van der Waals surface area contributed by atoms with Crippen molar-refractivity contribution in [2.75, 3.05) is 13.7 Å². The summed E-state index contributed by atoms with van der Waals surface area (Å²) in [5, 5.41) is 3.35. The molecule has 1 atom stereocenters. The van der Waals surface area contributed by atoms with Crippen molar-refractivity contribution in [2.24, 2.45) is 0 Å². The molecule has 0 heterocycles. The van der Waals surface area contributed by atoms with Crippen LogP contribution in [0.3, 0.4) is 0 Å². The van der Waals surface area contributed by atoms with E-state index in [1.807, 2.05) is 43.3 Å². The van der Waals surface area contributed by atoms with E-state index in [1.165, 1.54) is 11.6 Å². The molecule has 2 rings (SSSR count). The summed E-state index contributed by atoms with van der Waals surface area (Å²) in [4.78, 5) is 0. The molecule has 1 N–H and O–H groups in total. The Kier molecular flexibility index (Phi) is 5.13. The van der Waals surface area contributed by atoms with Crippen molar-refractivity contribution in [1.29, 1.82) is 0 Å². The van der Waals surface area contributed by atoms with Gasteiger partial charge in [-0.05, 0) is 43.7 Å². The molecule has 106 valence electrons. The highest BCUT2D eigenvalue weighted by molar-refractivity contribution is 5.27. The van der Waals surface area contributed by atoms with Gasteiger partial charge in [0.25, 0.3) is 0 Å². The van der Waals surface area contributed by atoms with Crippen molar-refractivity contribution in [3.05, 3.63) is 65.5 Å². The Morgan fingerprint density at radius 3 is 2.45 bits per heavy atom. The lowest BCUT2D eigenvalue weighted by Gasteiger charge is -2.15. The van der Waals surface area contributed by atoms with Crippen LogP contribution in [0, 0.1) is 5.82 Å². The maximum atomic E-state index is 13.6. The zero-order valence-corrected chi connectivity index (χ0v) is 11.9. The summed E-state index contributed by atoms with van der Waals surface area (Å²) >= 11 is 0. The molecule has 1 unspecified atom stereocenters. The van der Waals surface area contributed by atoms with Gasteiger partial charge in [-0.2, -0.15) is 0 Å². The summed E-state index contributed by atoms with van der Waals surface area (Å²) in [6.45, 7) is 2.79. The molecule has 0 amide bonds. The topological polar surface area (TPSA) is 21.3 Å². The average molecular weight is 273 g/mol. The Balaban J connectivity index is 1.84. The molecule has 2 nitrogen and oxygen atoms in total. The molecule has 0 aromatic heterocycles. The van der Waals surface area contributed by atoms with Gasteiger partial charge >= 0.3 is 0 Å². The number of methoxy groups -OCH3 is 1. The van der Waals surface area contributed by atoms with Gasteiger partial charge in [-0.15, -0.1) is 0 Å². The van der Waals surface area contributed by atoms with Crippen molar-refractivity contribution < 1.29 is 9.13 Å². The molecule has 0 fully saturated rings. The normalized spacial score (nSPS) is 12.2. The summed E-state index contributed by atoms with van der Waals surface area (Å²) in [5.74, 6) is 0.707. The van der Waals surface area contributed by atoms with E-state index in [9.17, 15) is 4.39 Å². The van der Waals surface area contributed by atoms with E-state index in [0.29, 0.717) is 5.56 Å². The third kappa shape index (κ3) is 3.81. The fourth-order valence-electron chi connectivity index (χ4n) is 2.16. The van der Waals surface area contributed by atoms with E-state index >= 15 is 0 Å². The minimum Gasteiger partial charge on any atom is -0.497 e. The van der Waals surface area contributed by atoms with E-state index in [0.717, 1.165) is 18.7 Å². The average Bonchev–Trinajstić information content (AvgIpc) is 2.48. The van der Waals surface area contributed by atoms with E-state index < -0.39 is 0 Å². The van der Waals surface area contributed by atoms with E-state index in [2.05, 4.69) is 5.32 Å². The van der Waals surface area contributed by atoms with Crippen LogP contribution in [-0.2, 0) is 6.42 Å². The van der Waals surface area contributed by atoms with Gasteiger partial charge in [-0.1, -0.05) is 30.3 Å². The maximum absolute atomic E-state index is 13.6. The highest BCUT2D eigenvalue weighted by Crippen LogP contribution is 2.16. The number of rotatable bonds is 6. The quantitative estimate of drug-likeness (QED) is 0.866. The SMILES string of the molecule is COc1ccc(CCNC(C)c2ccccc2F)cc1. The molecule has 0 aliphatic heterocycles. The molecule has 2 aromatic carbocycles. The third-order valence-electron chi connectivity index (χ3n) is 3.39. The molecule has 2 aromatic rings. The fraction of sp³-hybridized carbons (Fsp3) is 0.294. The lowest BCUT2D eigenvalue weighted by molar-refractivity contribution is 0.414. The van der Waals surface area contributed by atoms with Crippen LogP contribution in [0.4, 0.5) is 4.39 Å². The molecule has 0 saturated heterocycles. The van der Waals surface area contributed by atoms with Crippen LogP contribution >= 0.6 is 0 Å². The number of halogens is 1. The van der Waals surface area contributed by atoms with Gasteiger partial charge in [-0.25, -0.2) is 4.39 Å². The number of nitrogens with one attached hydrogen (secondary N) is 1. The van der Waals surface area contributed by atoms with Crippen molar-refractivity contribution in [1.82, 2.24) is 5.32 Å². The van der Waals surface area contributed by atoms with Crippen LogP contribution in [0.5, 0.6) is 5.75 Å². The molecule has 0 aliphatic rings. The first-order valence-electron chi connectivity index (χ1n) is 6.81. The number of hydrogen-bond donors (Lipinski definition) is 1. The van der Waals surface area contributed by atoms with Crippen LogP contribution in [0.15, 0.2) is 48.5 Å². The van der Waals surface area contributed by atoms with Crippen LogP contribution in [-0.4, -0.2) is 13.7 Å².